The molecule has 19 heavy (non-hydrogen) atoms. The average molecular weight is 280 g/mol. The van der Waals surface area contributed by atoms with Gasteiger partial charge in [-0.15, -0.1) is 0 Å². The summed E-state index contributed by atoms with van der Waals surface area (Å²) in [6.45, 7) is 3.95. The SMILES string of the molecule is COc1c(C)cc(C)c(Cl)c1C1(N=C=O)CCCC1. The minimum Gasteiger partial charge on any atom is -0.496 e. The van der Waals surface area contributed by atoms with Crippen LogP contribution in [0.25, 0.3) is 0 Å². The van der Waals surface area contributed by atoms with Gasteiger partial charge in [0, 0.05) is 5.56 Å². The van der Waals surface area contributed by atoms with Crippen molar-refractivity contribution in [3.8, 4) is 5.75 Å². The Morgan fingerprint density at radius 3 is 2.47 bits per heavy atom. The van der Waals surface area contributed by atoms with Crippen molar-refractivity contribution in [2.45, 2.75) is 45.1 Å². The van der Waals surface area contributed by atoms with E-state index in [9.17, 15) is 4.79 Å². The van der Waals surface area contributed by atoms with E-state index in [4.69, 9.17) is 16.3 Å². The number of nitrogens with zero attached hydrogens (tertiary/aromatic N) is 1. The Morgan fingerprint density at radius 1 is 1.32 bits per heavy atom. The van der Waals surface area contributed by atoms with Gasteiger partial charge in [-0.1, -0.05) is 30.5 Å². The third-order valence-corrected chi connectivity index (χ3v) is 4.43. The maximum Gasteiger partial charge on any atom is 0.235 e. The number of benzene rings is 1. The normalized spacial score (nSPS) is 17.1. The van der Waals surface area contributed by atoms with Gasteiger partial charge in [0.15, 0.2) is 0 Å². The highest BCUT2D eigenvalue weighted by molar-refractivity contribution is 6.32. The van der Waals surface area contributed by atoms with Gasteiger partial charge in [-0.3, -0.25) is 0 Å². The standard InChI is InChI=1S/C15H18ClNO2/c1-10-8-11(2)14(19-3)12(13(10)16)15(17-9-18)6-4-5-7-15/h8H,4-7H2,1-3H3. The minimum absolute atomic E-state index is 0.555. The quantitative estimate of drug-likeness (QED) is 0.618. The van der Waals surface area contributed by atoms with Crippen molar-refractivity contribution in [2.24, 2.45) is 4.99 Å². The highest BCUT2D eigenvalue weighted by Gasteiger charge is 2.40. The molecule has 0 amide bonds. The van der Waals surface area contributed by atoms with Crippen LogP contribution in [-0.2, 0) is 10.3 Å². The number of methoxy groups -OCH3 is 1. The Kier molecular flexibility index (Phi) is 3.98. The number of carbonyl (C=O) groups excluding carboxylic acids is 1. The van der Waals surface area contributed by atoms with Gasteiger partial charge in [0.05, 0.1) is 12.1 Å². The average Bonchev–Trinajstić information content (AvgIpc) is 2.83. The summed E-state index contributed by atoms with van der Waals surface area (Å²) in [5, 5.41) is 0.656. The molecule has 1 saturated carbocycles. The van der Waals surface area contributed by atoms with Crippen LogP contribution in [0.2, 0.25) is 5.02 Å². The van der Waals surface area contributed by atoms with E-state index >= 15 is 0 Å². The zero-order valence-electron chi connectivity index (χ0n) is 11.5. The van der Waals surface area contributed by atoms with Crippen LogP contribution in [0.1, 0.15) is 42.4 Å². The van der Waals surface area contributed by atoms with E-state index in [1.165, 1.54) is 0 Å². The number of halogens is 1. The molecule has 0 aromatic heterocycles. The molecule has 0 bridgehead atoms. The van der Waals surface area contributed by atoms with Gasteiger partial charge in [-0.05, 0) is 37.8 Å². The molecule has 4 heteroatoms. The number of aryl methyl sites for hydroxylation is 2. The predicted molar refractivity (Wildman–Crippen MR) is 75.7 cm³/mol. The molecular formula is C15H18ClNO2. The van der Waals surface area contributed by atoms with Crippen LogP contribution in [-0.4, -0.2) is 13.2 Å². The molecule has 3 nitrogen and oxygen atoms in total. The Labute approximate surface area is 118 Å². The summed E-state index contributed by atoms with van der Waals surface area (Å²) < 4.78 is 5.52. The van der Waals surface area contributed by atoms with Crippen LogP contribution in [0.5, 0.6) is 5.75 Å². The van der Waals surface area contributed by atoms with Gasteiger partial charge in [-0.25, -0.2) is 4.79 Å². The first-order valence-electron chi connectivity index (χ1n) is 6.49. The number of isocyanates is 1. The minimum atomic E-state index is -0.555. The zero-order valence-corrected chi connectivity index (χ0v) is 12.3. The van der Waals surface area contributed by atoms with Crippen molar-refractivity contribution in [1.29, 1.82) is 0 Å². The van der Waals surface area contributed by atoms with Crippen LogP contribution in [0.15, 0.2) is 11.1 Å². The summed E-state index contributed by atoms with van der Waals surface area (Å²) >= 11 is 6.48. The Bertz CT molecular complexity index is 542. The fourth-order valence-electron chi connectivity index (χ4n) is 3.09. The fourth-order valence-corrected chi connectivity index (χ4v) is 3.41. The third kappa shape index (κ3) is 2.29. The molecule has 0 N–H and O–H groups in total. The fraction of sp³-hybridized carbons (Fsp3) is 0.533. The molecule has 1 aromatic rings. The number of hydrogen-bond acceptors (Lipinski definition) is 3. The van der Waals surface area contributed by atoms with Crippen molar-refractivity contribution >= 4 is 17.7 Å². The van der Waals surface area contributed by atoms with E-state index in [2.05, 4.69) is 4.99 Å². The van der Waals surface area contributed by atoms with Crippen LogP contribution >= 0.6 is 11.6 Å². The lowest BCUT2D eigenvalue weighted by atomic mass is 9.85. The maximum absolute atomic E-state index is 10.8. The summed E-state index contributed by atoms with van der Waals surface area (Å²) in [6.07, 6.45) is 5.45. The molecule has 0 radical (unpaired) electrons. The molecule has 1 aromatic carbocycles. The van der Waals surface area contributed by atoms with Crippen LogP contribution in [0.3, 0.4) is 0 Å². The van der Waals surface area contributed by atoms with E-state index in [1.54, 1.807) is 13.2 Å². The van der Waals surface area contributed by atoms with Gasteiger partial charge in [0.2, 0.25) is 6.08 Å². The van der Waals surface area contributed by atoms with Crippen molar-refractivity contribution in [3.05, 3.63) is 27.8 Å². The summed E-state index contributed by atoms with van der Waals surface area (Å²) in [5.41, 5.74) is 2.31. The molecule has 0 unspecified atom stereocenters. The molecule has 0 heterocycles. The lowest BCUT2D eigenvalue weighted by molar-refractivity contribution is 0.376. The molecule has 0 saturated heterocycles. The van der Waals surface area contributed by atoms with Crippen molar-refractivity contribution in [2.75, 3.05) is 7.11 Å². The van der Waals surface area contributed by atoms with Crippen LogP contribution < -0.4 is 4.74 Å². The first-order chi connectivity index (χ1) is 9.05. The molecular weight excluding hydrogens is 262 g/mol. The van der Waals surface area contributed by atoms with E-state index in [-0.39, 0.29) is 0 Å². The largest absolute Gasteiger partial charge is 0.496 e. The molecule has 2 rings (SSSR count). The summed E-state index contributed by atoms with van der Waals surface area (Å²) in [4.78, 5) is 15.0. The first kappa shape index (κ1) is 14.1. The second-order valence-electron chi connectivity index (χ2n) is 5.17. The van der Waals surface area contributed by atoms with E-state index in [0.29, 0.717) is 5.02 Å². The Balaban J connectivity index is 2.75. The van der Waals surface area contributed by atoms with Gasteiger partial charge in [-0.2, -0.15) is 4.99 Å². The molecule has 0 atom stereocenters. The van der Waals surface area contributed by atoms with E-state index in [1.807, 2.05) is 19.9 Å². The van der Waals surface area contributed by atoms with Gasteiger partial charge in [0.25, 0.3) is 0 Å². The molecule has 0 spiro atoms. The van der Waals surface area contributed by atoms with Crippen LogP contribution in [0, 0.1) is 13.8 Å². The molecule has 102 valence electrons. The van der Waals surface area contributed by atoms with Gasteiger partial charge < -0.3 is 4.74 Å². The summed E-state index contributed by atoms with van der Waals surface area (Å²) in [5.74, 6) is 0.747. The van der Waals surface area contributed by atoms with Gasteiger partial charge >= 0.3 is 0 Å². The van der Waals surface area contributed by atoms with Gasteiger partial charge in [0.1, 0.15) is 11.3 Å². The third-order valence-electron chi connectivity index (χ3n) is 3.94. The summed E-state index contributed by atoms with van der Waals surface area (Å²) in [6, 6.07) is 2.00. The highest BCUT2D eigenvalue weighted by atomic mass is 35.5. The Hall–Kier alpha value is -1.31. The first-order valence-corrected chi connectivity index (χ1v) is 6.87. The van der Waals surface area contributed by atoms with Crippen molar-refractivity contribution in [1.82, 2.24) is 0 Å². The smallest absolute Gasteiger partial charge is 0.235 e. The molecule has 0 aliphatic heterocycles. The molecule has 1 fully saturated rings. The van der Waals surface area contributed by atoms with E-state index < -0.39 is 5.54 Å². The number of ether oxygens (including phenoxy) is 1. The predicted octanol–water partition coefficient (Wildman–Crippen LogP) is 4.07. The maximum atomic E-state index is 10.8. The van der Waals surface area contributed by atoms with E-state index in [0.717, 1.165) is 48.1 Å². The number of hydrogen-bond donors (Lipinski definition) is 0. The monoisotopic (exact) mass is 279 g/mol. The molecule has 1 aliphatic rings. The summed E-state index contributed by atoms with van der Waals surface area (Å²) in [7, 11) is 1.63. The van der Waals surface area contributed by atoms with Crippen LogP contribution in [0.4, 0.5) is 0 Å². The lowest BCUT2D eigenvalue weighted by Gasteiger charge is -2.28. The second kappa shape index (κ2) is 5.36. The topological polar surface area (TPSA) is 38.7 Å². The Morgan fingerprint density at radius 2 is 1.95 bits per heavy atom. The number of aliphatic imine (C=N–C) groups is 1. The lowest BCUT2D eigenvalue weighted by Crippen LogP contribution is -2.21. The van der Waals surface area contributed by atoms with Crippen molar-refractivity contribution < 1.29 is 9.53 Å². The zero-order chi connectivity index (χ0) is 14.0. The highest BCUT2D eigenvalue weighted by Crippen LogP contribution is 2.50. The van der Waals surface area contributed by atoms with Crippen molar-refractivity contribution in [3.63, 3.8) is 0 Å². The molecule has 1 aliphatic carbocycles. The number of rotatable bonds is 3. The second-order valence-corrected chi connectivity index (χ2v) is 5.55.